The van der Waals surface area contributed by atoms with E-state index >= 15 is 0 Å². The standard InChI is InChI=1S/C5H8Br2N4/c1-8-2-3-11-5(7)9-4(6)10-11/h8H,2-3H2,1H3. The molecule has 1 N–H and O–H groups in total. The highest BCUT2D eigenvalue weighted by atomic mass is 79.9. The van der Waals surface area contributed by atoms with Crippen LogP contribution in [0.2, 0.25) is 0 Å². The van der Waals surface area contributed by atoms with E-state index in [0.29, 0.717) is 4.73 Å². The number of hydrogen-bond donors (Lipinski definition) is 1. The molecule has 62 valence electrons. The first kappa shape index (κ1) is 9.15. The highest BCUT2D eigenvalue weighted by Gasteiger charge is 2.02. The van der Waals surface area contributed by atoms with Crippen molar-refractivity contribution < 1.29 is 0 Å². The molecule has 0 aliphatic carbocycles. The summed E-state index contributed by atoms with van der Waals surface area (Å²) in [6.07, 6.45) is 0. The van der Waals surface area contributed by atoms with Gasteiger partial charge in [0.1, 0.15) is 0 Å². The van der Waals surface area contributed by atoms with Gasteiger partial charge in [-0.15, -0.1) is 5.10 Å². The van der Waals surface area contributed by atoms with Crippen LogP contribution >= 0.6 is 31.9 Å². The Balaban J connectivity index is 2.62. The highest BCUT2D eigenvalue weighted by molar-refractivity contribution is 9.11. The normalized spacial score (nSPS) is 10.5. The third kappa shape index (κ3) is 2.53. The summed E-state index contributed by atoms with van der Waals surface area (Å²) in [6, 6.07) is 0. The molecule has 0 radical (unpaired) electrons. The first-order valence-electron chi connectivity index (χ1n) is 3.14. The molecule has 0 spiro atoms. The molecule has 0 saturated heterocycles. The molecule has 0 aliphatic heterocycles. The minimum atomic E-state index is 0.612. The summed E-state index contributed by atoms with van der Waals surface area (Å²) in [5, 5.41) is 7.11. The Bertz CT molecular complexity index is 234. The molecule has 4 nitrogen and oxygen atoms in total. The topological polar surface area (TPSA) is 42.7 Å². The van der Waals surface area contributed by atoms with Gasteiger partial charge in [0, 0.05) is 6.54 Å². The minimum Gasteiger partial charge on any atom is -0.318 e. The monoisotopic (exact) mass is 282 g/mol. The lowest BCUT2D eigenvalue weighted by molar-refractivity contribution is 0.570. The van der Waals surface area contributed by atoms with E-state index in [1.807, 2.05) is 7.05 Å². The maximum absolute atomic E-state index is 4.08. The Morgan fingerprint density at radius 1 is 1.55 bits per heavy atom. The van der Waals surface area contributed by atoms with E-state index in [1.54, 1.807) is 4.68 Å². The van der Waals surface area contributed by atoms with Gasteiger partial charge < -0.3 is 5.32 Å². The second-order valence-electron chi connectivity index (χ2n) is 1.98. The maximum Gasteiger partial charge on any atom is 0.218 e. The van der Waals surface area contributed by atoms with E-state index in [-0.39, 0.29) is 0 Å². The van der Waals surface area contributed by atoms with Gasteiger partial charge in [-0.3, -0.25) is 0 Å². The van der Waals surface area contributed by atoms with Crippen LogP contribution < -0.4 is 5.32 Å². The van der Waals surface area contributed by atoms with Crippen LogP contribution in [0.1, 0.15) is 0 Å². The fraction of sp³-hybridized carbons (Fsp3) is 0.600. The van der Waals surface area contributed by atoms with Gasteiger partial charge in [0.25, 0.3) is 0 Å². The first-order valence-corrected chi connectivity index (χ1v) is 4.73. The largest absolute Gasteiger partial charge is 0.318 e. The number of aromatic nitrogens is 3. The molecule has 11 heavy (non-hydrogen) atoms. The molecule has 0 amide bonds. The second-order valence-corrected chi connectivity index (χ2v) is 3.40. The molecule has 0 saturated carbocycles. The molecule has 1 aromatic heterocycles. The van der Waals surface area contributed by atoms with E-state index < -0.39 is 0 Å². The van der Waals surface area contributed by atoms with Gasteiger partial charge in [0.15, 0.2) is 4.73 Å². The van der Waals surface area contributed by atoms with E-state index in [4.69, 9.17) is 0 Å². The van der Waals surface area contributed by atoms with Gasteiger partial charge in [-0.2, -0.15) is 4.98 Å². The molecule has 0 aliphatic rings. The zero-order valence-corrected chi connectivity index (χ0v) is 9.18. The molecule has 0 atom stereocenters. The van der Waals surface area contributed by atoms with E-state index in [2.05, 4.69) is 47.3 Å². The zero-order valence-electron chi connectivity index (χ0n) is 6.01. The van der Waals surface area contributed by atoms with Crippen LogP contribution in [0.15, 0.2) is 9.47 Å². The summed E-state index contributed by atoms with van der Waals surface area (Å²) in [5.74, 6) is 0. The molecular formula is C5H8Br2N4. The molecule has 0 bridgehead atoms. The smallest absolute Gasteiger partial charge is 0.218 e. The summed E-state index contributed by atoms with van der Waals surface area (Å²) in [4.78, 5) is 4.02. The maximum atomic E-state index is 4.08. The molecule has 0 fully saturated rings. The van der Waals surface area contributed by atoms with Crippen LogP contribution in [-0.4, -0.2) is 28.4 Å². The van der Waals surface area contributed by atoms with Crippen LogP contribution in [0.4, 0.5) is 0 Å². The van der Waals surface area contributed by atoms with Crippen molar-refractivity contribution in [1.29, 1.82) is 0 Å². The lowest BCUT2D eigenvalue weighted by Crippen LogP contribution is -2.15. The van der Waals surface area contributed by atoms with Crippen LogP contribution in [0.25, 0.3) is 0 Å². The van der Waals surface area contributed by atoms with Crippen molar-refractivity contribution >= 4 is 31.9 Å². The third-order valence-electron chi connectivity index (χ3n) is 1.17. The quantitative estimate of drug-likeness (QED) is 0.901. The third-order valence-corrected chi connectivity index (χ3v) is 2.10. The lowest BCUT2D eigenvalue weighted by Gasteiger charge is -1.99. The molecule has 6 heteroatoms. The molecule has 1 rings (SSSR count). The van der Waals surface area contributed by atoms with Crippen molar-refractivity contribution in [1.82, 2.24) is 20.1 Å². The Morgan fingerprint density at radius 3 is 2.73 bits per heavy atom. The Hall–Kier alpha value is 0.0600. The second kappa shape index (κ2) is 4.18. The van der Waals surface area contributed by atoms with Crippen molar-refractivity contribution in [3.8, 4) is 0 Å². The molecule has 0 aromatic carbocycles. The summed E-state index contributed by atoms with van der Waals surface area (Å²) in [7, 11) is 1.90. The predicted octanol–water partition coefficient (Wildman–Crippen LogP) is 1.02. The summed E-state index contributed by atoms with van der Waals surface area (Å²) in [5.41, 5.74) is 0. The Morgan fingerprint density at radius 2 is 2.27 bits per heavy atom. The van der Waals surface area contributed by atoms with Gasteiger partial charge in [0.2, 0.25) is 4.73 Å². The summed E-state index contributed by atoms with van der Waals surface area (Å²) in [6.45, 7) is 1.70. The number of hydrogen-bond acceptors (Lipinski definition) is 3. The van der Waals surface area contributed by atoms with E-state index in [9.17, 15) is 0 Å². The molecule has 1 aromatic rings. The average molecular weight is 284 g/mol. The Labute approximate surface area is 81.6 Å². The highest BCUT2D eigenvalue weighted by Crippen LogP contribution is 2.10. The van der Waals surface area contributed by atoms with E-state index in [1.165, 1.54) is 0 Å². The predicted molar refractivity (Wildman–Crippen MR) is 49.3 cm³/mol. The van der Waals surface area contributed by atoms with Gasteiger partial charge in [-0.25, -0.2) is 4.68 Å². The fourth-order valence-electron chi connectivity index (χ4n) is 0.657. The number of nitrogens with one attached hydrogen (secondary N) is 1. The van der Waals surface area contributed by atoms with Crippen LogP contribution in [0.3, 0.4) is 0 Å². The van der Waals surface area contributed by atoms with E-state index in [0.717, 1.165) is 17.8 Å². The molecule has 1 heterocycles. The lowest BCUT2D eigenvalue weighted by atomic mass is 10.6. The van der Waals surface area contributed by atoms with Gasteiger partial charge in [-0.05, 0) is 38.9 Å². The SMILES string of the molecule is CNCCn1nc(Br)nc1Br. The van der Waals surface area contributed by atoms with Crippen molar-refractivity contribution in [3.63, 3.8) is 0 Å². The number of likely N-dealkylation sites (N-methyl/N-ethyl adjacent to an activating group) is 1. The molecular weight excluding hydrogens is 276 g/mol. The van der Waals surface area contributed by atoms with Gasteiger partial charge in [-0.1, -0.05) is 0 Å². The van der Waals surface area contributed by atoms with Crippen molar-refractivity contribution in [2.24, 2.45) is 0 Å². The number of rotatable bonds is 3. The Kier molecular flexibility index (Phi) is 3.47. The minimum absolute atomic E-state index is 0.612. The van der Waals surface area contributed by atoms with Crippen molar-refractivity contribution in [2.75, 3.05) is 13.6 Å². The van der Waals surface area contributed by atoms with Gasteiger partial charge in [0.05, 0.1) is 6.54 Å². The average Bonchev–Trinajstić information content (AvgIpc) is 2.26. The summed E-state index contributed by atoms with van der Waals surface area (Å²) < 4.78 is 3.14. The number of nitrogens with zero attached hydrogens (tertiary/aromatic N) is 3. The molecule has 0 unspecified atom stereocenters. The van der Waals surface area contributed by atoms with Crippen molar-refractivity contribution in [3.05, 3.63) is 9.47 Å². The fourth-order valence-corrected chi connectivity index (χ4v) is 1.68. The number of halogens is 2. The van der Waals surface area contributed by atoms with Crippen LogP contribution in [0, 0.1) is 0 Å². The van der Waals surface area contributed by atoms with Crippen molar-refractivity contribution in [2.45, 2.75) is 6.54 Å². The van der Waals surface area contributed by atoms with Crippen LogP contribution in [0.5, 0.6) is 0 Å². The first-order chi connectivity index (χ1) is 5.24. The zero-order chi connectivity index (χ0) is 8.27. The summed E-state index contributed by atoms with van der Waals surface area (Å²) >= 11 is 6.46. The van der Waals surface area contributed by atoms with Crippen LogP contribution in [-0.2, 0) is 6.54 Å². The van der Waals surface area contributed by atoms with Gasteiger partial charge >= 0.3 is 0 Å².